The van der Waals surface area contributed by atoms with Gasteiger partial charge in [-0.05, 0) is 32.8 Å². The van der Waals surface area contributed by atoms with E-state index in [0.717, 1.165) is 37.3 Å². The summed E-state index contributed by atoms with van der Waals surface area (Å²) in [6.45, 7) is 5.21. The molecule has 1 aromatic heterocycles. The van der Waals surface area contributed by atoms with Crippen LogP contribution < -0.4 is 4.90 Å². The molecule has 2 unspecified atom stereocenters. The zero-order valence-electron chi connectivity index (χ0n) is 11.2. The Balaban J connectivity index is 2.01. The van der Waals surface area contributed by atoms with Crippen LogP contribution in [-0.2, 0) is 4.74 Å². The summed E-state index contributed by atoms with van der Waals surface area (Å²) < 4.78 is 5.81. The zero-order valence-corrected chi connectivity index (χ0v) is 11.2. The molecule has 3 rings (SSSR count). The Hall–Kier alpha value is -1.62. The lowest BCUT2D eigenvalue weighted by atomic mass is 10.1. The zero-order chi connectivity index (χ0) is 13.6. The Bertz CT molecular complexity index is 518. The van der Waals surface area contributed by atoms with Crippen molar-refractivity contribution in [2.24, 2.45) is 0 Å². The van der Waals surface area contributed by atoms with E-state index >= 15 is 0 Å². The lowest BCUT2D eigenvalue weighted by Gasteiger charge is -2.35. The lowest BCUT2D eigenvalue weighted by molar-refractivity contribution is 0.0303. The Morgan fingerprint density at radius 1 is 1.37 bits per heavy atom. The molecular weight excluding hydrogens is 244 g/mol. The van der Waals surface area contributed by atoms with Crippen LogP contribution in [0, 0.1) is 13.8 Å². The van der Waals surface area contributed by atoms with Gasteiger partial charge in [0, 0.05) is 18.8 Å². The number of carboxylic acids is 1. The molecule has 0 amide bonds. The molecule has 5 heteroatoms. The van der Waals surface area contributed by atoms with Crippen molar-refractivity contribution in [3.05, 3.63) is 23.0 Å². The first kappa shape index (κ1) is 12.4. The summed E-state index contributed by atoms with van der Waals surface area (Å²) in [6.07, 6.45) is 2.64. The molecule has 2 aliphatic heterocycles. The fourth-order valence-corrected chi connectivity index (χ4v) is 3.13. The molecule has 2 atom stereocenters. The van der Waals surface area contributed by atoms with E-state index in [2.05, 4.69) is 9.88 Å². The summed E-state index contributed by atoms with van der Waals surface area (Å²) in [4.78, 5) is 17.9. The van der Waals surface area contributed by atoms with E-state index in [9.17, 15) is 9.90 Å². The molecule has 5 nitrogen and oxygen atoms in total. The highest BCUT2D eigenvalue weighted by molar-refractivity contribution is 5.95. The second-order valence-electron chi connectivity index (χ2n) is 5.41. The van der Waals surface area contributed by atoms with Gasteiger partial charge in [0.05, 0.1) is 23.6 Å². The largest absolute Gasteiger partial charge is 0.478 e. The predicted molar refractivity (Wildman–Crippen MR) is 70.8 cm³/mol. The first-order valence-corrected chi connectivity index (χ1v) is 6.66. The van der Waals surface area contributed by atoms with Crippen LogP contribution in [0.1, 0.15) is 34.6 Å². The third-order valence-electron chi connectivity index (χ3n) is 3.91. The van der Waals surface area contributed by atoms with E-state index in [0.29, 0.717) is 11.3 Å². The number of aromatic nitrogens is 1. The number of rotatable bonds is 2. The maximum Gasteiger partial charge on any atom is 0.339 e. The maximum absolute atomic E-state index is 11.5. The van der Waals surface area contributed by atoms with Crippen LogP contribution in [0.15, 0.2) is 6.07 Å². The minimum atomic E-state index is -0.904. The molecule has 102 valence electrons. The van der Waals surface area contributed by atoms with Gasteiger partial charge in [0.25, 0.3) is 0 Å². The van der Waals surface area contributed by atoms with Crippen molar-refractivity contribution in [1.82, 2.24) is 4.98 Å². The van der Waals surface area contributed by atoms with Crippen LogP contribution in [0.3, 0.4) is 0 Å². The second-order valence-corrected chi connectivity index (χ2v) is 5.41. The van der Waals surface area contributed by atoms with Crippen molar-refractivity contribution in [2.45, 2.75) is 38.9 Å². The van der Waals surface area contributed by atoms with Crippen molar-refractivity contribution < 1.29 is 14.6 Å². The van der Waals surface area contributed by atoms with Crippen molar-refractivity contribution in [3.8, 4) is 0 Å². The number of aromatic carboxylic acids is 1. The van der Waals surface area contributed by atoms with Gasteiger partial charge >= 0.3 is 5.97 Å². The Morgan fingerprint density at radius 2 is 2.00 bits per heavy atom. The molecule has 1 aromatic rings. The topological polar surface area (TPSA) is 62.7 Å². The molecule has 0 aliphatic carbocycles. The van der Waals surface area contributed by atoms with Crippen molar-refractivity contribution in [3.63, 3.8) is 0 Å². The number of hydrogen-bond acceptors (Lipinski definition) is 4. The molecule has 2 bridgehead atoms. The highest BCUT2D eigenvalue weighted by atomic mass is 16.5. The van der Waals surface area contributed by atoms with E-state index in [1.807, 2.05) is 13.0 Å². The lowest BCUT2D eigenvalue weighted by Crippen LogP contribution is -2.43. The number of aryl methyl sites for hydroxylation is 2. The van der Waals surface area contributed by atoms with Crippen LogP contribution in [0.4, 0.5) is 5.69 Å². The van der Waals surface area contributed by atoms with Gasteiger partial charge in [-0.2, -0.15) is 0 Å². The van der Waals surface area contributed by atoms with Gasteiger partial charge in [-0.15, -0.1) is 0 Å². The standard InChI is InChI=1S/C14H18N2O3/c1-8-5-12(13(14(17)18)9(2)15-8)16-6-10-3-4-11(7-16)19-10/h5,10-11H,3-4,6-7H2,1-2H3,(H,17,18). The van der Waals surface area contributed by atoms with E-state index in [4.69, 9.17) is 4.74 Å². The highest BCUT2D eigenvalue weighted by Gasteiger charge is 2.35. The number of fused-ring (bicyclic) bond motifs is 2. The van der Waals surface area contributed by atoms with Gasteiger partial charge in [-0.3, -0.25) is 4.98 Å². The minimum Gasteiger partial charge on any atom is -0.478 e. The second kappa shape index (κ2) is 4.49. The Labute approximate surface area is 112 Å². The van der Waals surface area contributed by atoms with Gasteiger partial charge in [0.15, 0.2) is 0 Å². The predicted octanol–water partition coefficient (Wildman–Crippen LogP) is 1.76. The summed E-state index contributed by atoms with van der Waals surface area (Å²) in [7, 11) is 0. The fourth-order valence-electron chi connectivity index (χ4n) is 3.13. The van der Waals surface area contributed by atoms with Crippen molar-refractivity contribution in [2.75, 3.05) is 18.0 Å². The van der Waals surface area contributed by atoms with Gasteiger partial charge < -0.3 is 14.7 Å². The number of anilines is 1. The average molecular weight is 262 g/mol. The van der Waals surface area contributed by atoms with Gasteiger partial charge in [0.1, 0.15) is 5.56 Å². The molecule has 0 saturated carbocycles. The molecule has 0 spiro atoms. The molecule has 3 heterocycles. The van der Waals surface area contributed by atoms with E-state index in [-0.39, 0.29) is 12.2 Å². The number of carboxylic acid groups (broad SMARTS) is 1. The molecule has 19 heavy (non-hydrogen) atoms. The van der Waals surface area contributed by atoms with E-state index in [1.165, 1.54) is 0 Å². The van der Waals surface area contributed by atoms with Crippen LogP contribution in [-0.4, -0.2) is 41.4 Å². The summed E-state index contributed by atoms with van der Waals surface area (Å²) >= 11 is 0. The minimum absolute atomic E-state index is 0.245. The first-order valence-electron chi connectivity index (χ1n) is 6.66. The third kappa shape index (κ3) is 2.18. The van der Waals surface area contributed by atoms with E-state index in [1.54, 1.807) is 6.92 Å². The Kier molecular flexibility index (Phi) is 2.93. The molecule has 2 aliphatic rings. The average Bonchev–Trinajstić information content (AvgIpc) is 2.66. The summed E-state index contributed by atoms with van der Waals surface area (Å²) in [5.41, 5.74) is 2.56. The monoisotopic (exact) mass is 262 g/mol. The van der Waals surface area contributed by atoms with Gasteiger partial charge in [0.2, 0.25) is 0 Å². The van der Waals surface area contributed by atoms with Crippen LogP contribution >= 0.6 is 0 Å². The SMILES string of the molecule is Cc1cc(N2CC3CCC(C2)O3)c(C(=O)O)c(C)n1. The van der Waals surface area contributed by atoms with Gasteiger partial charge in [-0.1, -0.05) is 0 Å². The number of pyridine rings is 1. The summed E-state index contributed by atoms with van der Waals surface area (Å²) in [6, 6.07) is 1.88. The number of carbonyl (C=O) groups is 1. The quantitative estimate of drug-likeness (QED) is 0.880. The fraction of sp³-hybridized carbons (Fsp3) is 0.571. The Morgan fingerprint density at radius 3 is 2.58 bits per heavy atom. The maximum atomic E-state index is 11.5. The smallest absolute Gasteiger partial charge is 0.339 e. The molecule has 0 aromatic carbocycles. The molecular formula is C14H18N2O3. The molecule has 0 radical (unpaired) electrons. The summed E-state index contributed by atoms with van der Waals surface area (Å²) in [5, 5.41) is 9.42. The van der Waals surface area contributed by atoms with Crippen molar-refractivity contribution >= 4 is 11.7 Å². The normalized spacial score (nSPS) is 25.7. The van der Waals surface area contributed by atoms with Crippen LogP contribution in [0.2, 0.25) is 0 Å². The van der Waals surface area contributed by atoms with Crippen LogP contribution in [0.5, 0.6) is 0 Å². The number of ether oxygens (including phenoxy) is 1. The van der Waals surface area contributed by atoms with E-state index < -0.39 is 5.97 Å². The molecule has 2 fully saturated rings. The number of hydrogen-bond donors (Lipinski definition) is 1. The third-order valence-corrected chi connectivity index (χ3v) is 3.91. The molecule has 1 N–H and O–H groups in total. The highest BCUT2D eigenvalue weighted by Crippen LogP contribution is 2.32. The summed E-state index contributed by atoms with van der Waals surface area (Å²) in [5.74, 6) is -0.904. The number of morpholine rings is 1. The number of nitrogens with zero attached hydrogens (tertiary/aromatic N) is 2. The first-order chi connectivity index (χ1) is 9.04. The van der Waals surface area contributed by atoms with Crippen molar-refractivity contribution in [1.29, 1.82) is 0 Å². The van der Waals surface area contributed by atoms with Crippen LogP contribution in [0.25, 0.3) is 0 Å². The molecule has 2 saturated heterocycles. The van der Waals surface area contributed by atoms with Gasteiger partial charge in [-0.25, -0.2) is 4.79 Å².